The Balaban J connectivity index is 3.71. The van der Waals surface area contributed by atoms with Gasteiger partial charge in [-0.2, -0.15) is 0 Å². The lowest BCUT2D eigenvalue weighted by Gasteiger charge is -1.99. The molecule has 0 amide bonds. The largest absolute Gasteiger partial charge is 0.420 e. The Morgan fingerprint density at radius 2 is 2.22 bits per heavy atom. The van der Waals surface area contributed by atoms with E-state index in [-0.39, 0.29) is 5.97 Å². The van der Waals surface area contributed by atoms with Gasteiger partial charge >= 0.3 is 5.97 Å². The third kappa shape index (κ3) is 4.09. The highest BCUT2D eigenvalue weighted by Gasteiger charge is 1.95. The zero-order valence-corrected chi connectivity index (χ0v) is 6.62. The maximum atomic E-state index is 10.3. The first-order valence-electron chi connectivity index (χ1n) is 2.59. The highest BCUT2D eigenvalue weighted by molar-refractivity contribution is 8.02. The number of hydrogen-bond acceptors (Lipinski definition) is 3. The first-order chi connectivity index (χ1) is 4.20. The summed E-state index contributed by atoms with van der Waals surface area (Å²) in [5.41, 5.74) is 0. The minimum absolute atomic E-state index is 0.266. The van der Waals surface area contributed by atoms with E-state index in [1.165, 1.54) is 18.7 Å². The van der Waals surface area contributed by atoms with E-state index in [1.807, 2.05) is 13.2 Å². The topological polar surface area (TPSA) is 26.3 Å². The van der Waals surface area contributed by atoms with Gasteiger partial charge < -0.3 is 4.74 Å². The molecule has 0 rings (SSSR count). The van der Waals surface area contributed by atoms with E-state index >= 15 is 0 Å². The fourth-order valence-corrected chi connectivity index (χ4v) is 0.796. The molecule has 0 atom stereocenters. The lowest BCUT2D eigenvalue weighted by Crippen LogP contribution is -1.94. The molecule has 0 bridgehead atoms. The van der Waals surface area contributed by atoms with E-state index in [9.17, 15) is 4.79 Å². The molecule has 3 heteroatoms. The molecular weight excluding hydrogens is 136 g/mol. The number of thioether (sulfide) groups is 1. The van der Waals surface area contributed by atoms with Crippen molar-refractivity contribution in [3.63, 3.8) is 0 Å². The SMILES string of the molecule is C/C=C(/OC(C)=O)SC. The van der Waals surface area contributed by atoms with Gasteiger partial charge in [0, 0.05) is 6.92 Å². The molecule has 0 saturated heterocycles. The van der Waals surface area contributed by atoms with E-state index in [0.29, 0.717) is 5.09 Å². The van der Waals surface area contributed by atoms with Crippen LogP contribution in [0.4, 0.5) is 0 Å². The molecule has 0 saturated carbocycles. The minimum Gasteiger partial charge on any atom is -0.420 e. The molecule has 9 heavy (non-hydrogen) atoms. The van der Waals surface area contributed by atoms with E-state index in [2.05, 4.69) is 0 Å². The second kappa shape index (κ2) is 4.44. The predicted octanol–water partition coefficient (Wildman–Crippen LogP) is 1.77. The van der Waals surface area contributed by atoms with Crippen LogP contribution in [-0.4, -0.2) is 12.2 Å². The van der Waals surface area contributed by atoms with Crippen molar-refractivity contribution in [2.75, 3.05) is 6.26 Å². The molecule has 0 heterocycles. The van der Waals surface area contributed by atoms with E-state index in [4.69, 9.17) is 4.74 Å². The zero-order valence-electron chi connectivity index (χ0n) is 5.80. The minimum atomic E-state index is -0.266. The number of carbonyl (C=O) groups is 1. The maximum absolute atomic E-state index is 10.3. The Bertz CT molecular complexity index is 129. The van der Waals surface area contributed by atoms with E-state index in [0.717, 1.165) is 0 Å². The summed E-state index contributed by atoms with van der Waals surface area (Å²) in [6, 6.07) is 0. The number of hydrogen-bond donors (Lipinski definition) is 0. The lowest BCUT2D eigenvalue weighted by atomic mass is 10.7. The molecule has 0 aliphatic rings. The molecule has 0 aromatic carbocycles. The fourth-order valence-electron chi connectivity index (χ4n) is 0.360. The standard InChI is InChI=1S/C6H10O2S/c1-4-6(9-3)8-5(2)7/h4H,1-3H3/b6-4-. The van der Waals surface area contributed by atoms with Crippen molar-refractivity contribution in [2.24, 2.45) is 0 Å². The lowest BCUT2D eigenvalue weighted by molar-refractivity contribution is -0.135. The summed E-state index contributed by atoms with van der Waals surface area (Å²) in [6.07, 6.45) is 3.62. The van der Waals surface area contributed by atoms with Crippen LogP contribution in [0.1, 0.15) is 13.8 Å². The van der Waals surface area contributed by atoms with Crippen LogP contribution in [0, 0.1) is 0 Å². The van der Waals surface area contributed by atoms with E-state index < -0.39 is 0 Å². The zero-order chi connectivity index (χ0) is 7.28. The van der Waals surface area contributed by atoms with Gasteiger partial charge in [0.05, 0.1) is 0 Å². The Hall–Kier alpha value is -0.440. The summed E-state index contributed by atoms with van der Waals surface area (Å²) in [4.78, 5) is 10.3. The summed E-state index contributed by atoms with van der Waals surface area (Å²) in [6.45, 7) is 3.22. The van der Waals surface area contributed by atoms with Gasteiger partial charge in [-0.05, 0) is 19.3 Å². The van der Waals surface area contributed by atoms with Gasteiger partial charge in [0.25, 0.3) is 0 Å². The number of carbonyl (C=O) groups excluding carboxylic acids is 1. The third-order valence-corrected chi connectivity index (χ3v) is 1.40. The van der Waals surface area contributed by atoms with Crippen LogP contribution in [0.5, 0.6) is 0 Å². The molecule has 0 fully saturated rings. The van der Waals surface area contributed by atoms with Crippen molar-refractivity contribution >= 4 is 17.7 Å². The molecule has 0 aliphatic carbocycles. The van der Waals surface area contributed by atoms with Gasteiger partial charge in [0.2, 0.25) is 0 Å². The number of allylic oxidation sites excluding steroid dienone is 1. The second-order valence-electron chi connectivity index (χ2n) is 1.41. The molecule has 2 nitrogen and oxygen atoms in total. The third-order valence-electron chi connectivity index (χ3n) is 0.681. The van der Waals surface area contributed by atoms with Crippen LogP contribution < -0.4 is 0 Å². The Morgan fingerprint density at radius 3 is 2.33 bits per heavy atom. The summed E-state index contributed by atoms with van der Waals surface area (Å²) in [5.74, 6) is -0.266. The quantitative estimate of drug-likeness (QED) is 0.438. The van der Waals surface area contributed by atoms with Crippen molar-refractivity contribution in [3.05, 3.63) is 11.2 Å². The first kappa shape index (κ1) is 8.56. The van der Waals surface area contributed by atoms with Gasteiger partial charge in [-0.25, -0.2) is 0 Å². The molecule has 0 aromatic heterocycles. The van der Waals surface area contributed by atoms with Crippen LogP contribution in [-0.2, 0) is 9.53 Å². The smallest absolute Gasteiger partial charge is 0.308 e. The molecular formula is C6H10O2S. The van der Waals surface area contributed by atoms with Gasteiger partial charge in [-0.15, -0.1) is 0 Å². The highest BCUT2D eigenvalue weighted by atomic mass is 32.2. The van der Waals surface area contributed by atoms with Gasteiger partial charge in [-0.1, -0.05) is 11.8 Å². The molecule has 0 unspecified atom stereocenters. The van der Waals surface area contributed by atoms with Crippen LogP contribution in [0.2, 0.25) is 0 Å². The molecule has 0 N–H and O–H groups in total. The Labute approximate surface area is 59.3 Å². The highest BCUT2D eigenvalue weighted by Crippen LogP contribution is 2.11. The number of esters is 1. The van der Waals surface area contributed by atoms with Gasteiger partial charge in [0.15, 0.2) is 5.09 Å². The average Bonchev–Trinajstić information content (AvgIpc) is 1.82. The van der Waals surface area contributed by atoms with Crippen molar-refractivity contribution in [3.8, 4) is 0 Å². The van der Waals surface area contributed by atoms with Crippen molar-refractivity contribution in [1.29, 1.82) is 0 Å². The summed E-state index contributed by atoms with van der Waals surface area (Å²) < 4.78 is 4.73. The molecule has 0 spiro atoms. The van der Waals surface area contributed by atoms with Gasteiger partial charge in [-0.3, -0.25) is 4.79 Å². The van der Waals surface area contributed by atoms with Crippen LogP contribution in [0.3, 0.4) is 0 Å². The Kier molecular flexibility index (Phi) is 4.22. The number of rotatable bonds is 2. The monoisotopic (exact) mass is 146 g/mol. The van der Waals surface area contributed by atoms with Crippen molar-refractivity contribution in [1.82, 2.24) is 0 Å². The Morgan fingerprint density at radius 1 is 1.67 bits per heavy atom. The van der Waals surface area contributed by atoms with Crippen molar-refractivity contribution < 1.29 is 9.53 Å². The molecule has 0 aliphatic heterocycles. The predicted molar refractivity (Wildman–Crippen MR) is 39.0 cm³/mol. The fraction of sp³-hybridized carbons (Fsp3) is 0.500. The van der Waals surface area contributed by atoms with Crippen LogP contribution >= 0.6 is 11.8 Å². The normalized spacial score (nSPS) is 11.2. The summed E-state index contributed by atoms with van der Waals surface area (Å²) in [7, 11) is 0. The summed E-state index contributed by atoms with van der Waals surface area (Å²) in [5, 5.41) is 0.655. The molecule has 0 radical (unpaired) electrons. The number of ether oxygens (including phenoxy) is 1. The second-order valence-corrected chi connectivity index (χ2v) is 2.22. The van der Waals surface area contributed by atoms with Crippen LogP contribution in [0.15, 0.2) is 11.2 Å². The molecule has 52 valence electrons. The summed E-state index contributed by atoms with van der Waals surface area (Å²) >= 11 is 1.42. The van der Waals surface area contributed by atoms with Gasteiger partial charge in [0.1, 0.15) is 0 Å². The maximum Gasteiger partial charge on any atom is 0.308 e. The van der Waals surface area contributed by atoms with Crippen LogP contribution in [0.25, 0.3) is 0 Å². The average molecular weight is 146 g/mol. The van der Waals surface area contributed by atoms with Crippen molar-refractivity contribution in [2.45, 2.75) is 13.8 Å². The molecule has 0 aromatic rings. The van der Waals surface area contributed by atoms with E-state index in [1.54, 1.807) is 6.08 Å². The first-order valence-corrected chi connectivity index (χ1v) is 3.82.